The van der Waals surface area contributed by atoms with Crippen molar-refractivity contribution in [3.05, 3.63) is 11.9 Å². The molecule has 20 heavy (non-hydrogen) atoms. The molecule has 0 amide bonds. The van der Waals surface area contributed by atoms with Crippen molar-refractivity contribution < 1.29 is 4.74 Å². The van der Waals surface area contributed by atoms with E-state index in [2.05, 4.69) is 29.1 Å². The van der Waals surface area contributed by atoms with Crippen LogP contribution in [0.25, 0.3) is 0 Å². The normalized spacial score (nSPS) is 12.3. The summed E-state index contributed by atoms with van der Waals surface area (Å²) in [4.78, 5) is 8.60. The van der Waals surface area contributed by atoms with E-state index in [-0.39, 0.29) is 0 Å². The van der Waals surface area contributed by atoms with Crippen molar-refractivity contribution in [2.24, 2.45) is 5.92 Å². The Morgan fingerprint density at radius 2 is 2.10 bits per heavy atom. The molecule has 0 aliphatic rings. The average Bonchev–Trinajstić information content (AvgIpc) is 2.45. The number of hydrogen-bond acceptors (Lipinski definition) is 5. The van der Waals surface area contributed by atoms with E-state index in [0.29, 0.717) is 30.8 Å². The molecule has 0 fully saturated rings. The maximum Gasteiger partial charge on any atom is 0.158 e. The van der Waals surface area contributed by atoms with Crippen LogP contribution in [-0.4, -0.2) is 23.1 Å². The first-order valence-electron chi connectivity index (χ1n) is 7.64. The number of nitrogens with zero attached hydrogens (tertiary/aromatic N) is 2. The van der Waals surface area contributed by atoms with Crippen LogP contribution < -0.4 is 11.1 Å². The third-order valence-electron chi connectivity index (χ3n) is 3.34. The number of aromatic nitrogens is 2. The Kier molecular flexibility index (Phi) is 7.95. The zero-order valence-corrected chi connectivity index (χ0v) is 13.0. The van der Waals surface area contributed by atoms with Gasteiger partial charge in [0.2, 0.25) is 0 Å². The third kappa shape index (κ3) is 6.19. The molecule has 0 aliphatic heterocycles. The average molecular weight is 280 g/mol. The van der Waals surface area contributed by atoms with Crippen LogP contribution in [0.4, 0.5) is 11.6 Å². The van der Waals surface area contributed by atoms with E-state index in [0.717, 1.165) is 12.4 Å². The topological polar surface area (TPSA) is 73.1 Å². The van der Waals surface area contributed by atoms with E-state index in [1.54, 1.807) is 6.07 Å². The Morgan fingerprint density at radius 1 is 1.30 bits per heavy atom. The van der Waals surface area contributed by atoms with E-state index >= 15 is 0 Å². The zero-order chi connectivity index (χ0) is 14.8. The maximum atomic E-state index is 5.80. The second-order valence-corrected chi connectivity index (χ2v) is 5.03. The van der Waals surface area contributed by atoms with Crippen molar-refractivity contribution in [1.82, 2.24) is 9.97 Å². The molecule has 0 bridgehead atoms. The summed E-state index contributed by atoms with van der Waals surface area (Å²) in [6.07, 6.45) is 4.96. The quantitative estimate of drug-likeness (QED) is 0.688. The Bertz CT molecular complexity index is 384. The maximum absolute atomic E-state index is 5.80. The van der Waals surface area contributed by atoms with Gasteiger partial charge in [0.1, 0.15) is 18.2 Å². The summed E-state index contributed by atoms with van der Waals surface area (Å²) in [5, 5.41) is 3.38. The number of hydrogen-bond donors (Lipinski definition) is 2. The van der Waals surface area contributed by atoms with E-state index in [1.807, 2.05) is 6.92 Å². The van der Waals surface area contributed by atoms with Gasteiger partial charge in [0.05, 0.1) is 0 Å². The molecule has 1 aromatic rings. The number of nitrogen functional groups attached to an aromatic ring is 1. The fourth-order valence-electron chi connectivity index (χ4n) is 2.06. The van der Waals surface area contributed by atoms with Crippen LogP contribution in [0.3, 0.4) is 0 Å². The van der Waals surface area contributed by atoms with Crippen LogP contribution in [0, 0.1) is 5.92 Å². The Hall–Kier alpha value is -1.36. The summed E-state index contributed by atoms with van der Waals surface area (Å²) in [7, 11) is 0. The summed E-state index contributed by atoms with van der Waals surface area (Å²) in [6, 6.07) is 1.78. The fraction of sp³-hybridized carbons (Fsp3) is 0.733. The first kappa shape index (κ1) is 16.7. The predicted molar refractivity (Wildman–Crippen MR) is 83.6 cm³/mol. The van der Waals surface area contributed by atoms with Crippen LogP contribution in [-0.2, 0) is 11.3 Å². The molecule has 5 heteroatoms. The highest BCUT2D eigenvalue weighted by Gasteiger charge is 2.07. The summed E-state index contributed by atoms with van der Waals surface area (Å²) < 4.78 is 5.32. The van der Waals surface area contributed by atoms with Gasteiger partial charge in [0.15, 0.2) is 5.82 Å². The third-order valence-corrected chi connectivity index (χ3v) is 3.34. The monoisotopic (exact) mass is 280 g/mol. The van der Waals surface area contributed by atoms with Gasteiger partial charge in [0, 0.05) is 19.2 Å². The molecule has 1 heterocycles. The van der Waals surface area contributed by atoms with Crippen LogP contribution in [0.5, 0.6) is 0 Å². The molecule has 0 spiro atoms. The van der Waals surface area contributed by atoms with Crippen molar-refractivity contribution in [3.63, 3.8) is 0 Å². The summed E-state index contributed by atoms with van der Waals surface area (Å²) >= 11 is 0. The molecule has 1 rings (SSSR count). The van der Waals surface area contributed by atoms with E-state index in [1.165, 1.54) is 25.7 Å². The molecule has 0 saturated heterocycles. The van der Waals surface area contributed by atoms with Gasteiger partial charge in [-0.2, -0.15) is 0 Å². The van der Waals surface area contributed by atoms with E-state index in [9.17, 15) is 0 Å². The number of anilines is 2. The summed E-state index contributed by atoms with van der Waals surface area (Å²) in [6.45, 7) is 8.40. The van der Waals surface area contributed by atoms with Gasteiger partial charge in [-0.1, -0.05) is 33.1 Å². The predicted octanol–water partition coefficient (Wildman–Crippen LogP) is 3.22. The van der Waals surface area contributed by atoms with Crippen molar-refractivity contribution in [1.29, 1.82) is 0 Å². The number of rotatable bonds is 10. The van der Waals surface area contributed by atoms with Gasteiger partial charge >= 0.3 is 0 Å². The van der Waals surface area contributed by atoms with Crippen LogP contribution >= 0.6 is 0 Å². The summed E-state index contributed by atoms with van der Waals surface area (Å²) in [5.41, 5.74) is 5.80. The van der Waals surface area contributed by atoms with Gasteiger partial charge in [-0.3, -0.25) is 0 Å². The molecule has 114 valence electrons. The highest BCUT2D eigenvalue weighted by molar-refractivity contribution is 5.44. The number of nitrogens with one attached hydrogen (secondary N) is 1. The van der Waals surface area contributed by atoms with Gasteiger partial charge in [-0.25, -0.2) is 9.97 Å². The van der Waals surface area contributed by atoms with Crippen molar-refractivity contribution in [2.45, 2.75) is 53.1 Å². The minimum absolute atomic E-state index is 0.406. The van der Waals surface area contributed by atoms with Crippen molar-refractivity contribution in [3.8, 4) is 0 Å². The molecule has 5 nitrogen and oxygen atoms in total. The largest absolute Gasteiger partial charge is 0.384 e. The molecule has 0 aliphatic carbocycles. The lowest BCUT2D eigenvalue weighted by Gasteiger charge is -2.16. The summed E-state index contributed by atoms with van der Waals surface area (Å²) in [5.74, 6) is 2.60. The molecule has 0 radical (unpaired) electrons. The lowest BCUT2D eigenvalue weighted by Crippen LogP contribution is -2.15. The first-order chi connectivity index (χ1) is 9.69. The van der Waals surface area contributed by atoms with E-state index < -0.39 is 0 Å². The van der Waals surface area contributed by atoms with Crippen LogP contribution in [0.2, 0.25) is 0 Å². The van der Waals surface area contributed by atoms with Gasteiger partial charge in [-0.05, 0) is 19.3 Å². The fourth-order valence-corrected chi connectivity index (χ4v) is 2.06. The molecular formula is C15H28N4O. The Labute approximate surface area is 122 Å². The zero-order valence-electron chi connectivity index (χ0n) is 13.0. The molecular weight excluding hydrogens is 252 g/mol. The minimum Gasteiger partial charge on any atom is -0.384 e. The number of nitrogens with two attached hydrogens (primary N) is 1. The number of unbranched alkanes of at least 4 members (excludes halogenated alkanes) is 1. The molecule has 0 saturated carbocycles. The van der Waals surface area contributed by atoms with Gasteiger partial charge in [0.25, 0.3) is 0 Å². The molecule has 3 N–H and O–H groups in total. The smallest absolute Gasteiger partial charge is 0.158 e. The first-order valence-corrected chi connectivity index (χ1v) is 7.64. The lowest BCUT2D eigenvalue weighted by atomic mass is 9.99. The van der Waals surface area contributed by atoms with Gasteiger partial charge < -0.3 is 15.8 Å². The Balaban J connectivity index is 2.55. The SMILES string of the molecule is CCCCC(CC)CNc1cc(N)nc(COCC)n1. The molecule has 0 aromatic carbocycles. The highest BCUT2D eigenvalue weighted by atomic mass is 16.5. The minimum atomic E-state index is 0.406. The van der Waals surface area contributed by atoms with Gasteiger partial charge in [-0.15, -0.1) is 0 Å². The van der Waals surface area contributed by atoms with Crippen molar-refractivity contribution >= 4 is 11.6 Å². The van der Waals surface area contributed by atoms with Crippen LogP contribution in [0.15, 0.2) is 6.07 Å². The van der Waals surface area contributed by atoms with Crippen molar-refractivity contribution in [2.75, 3.05) is 24.2 Å². The molecule has 1 aromatic heterocycles. The second-order valence-electron chi connectivity index (χ2n) is 5.03. The number of ether oxygens (including phenoxy) is 1. The lowest BCUT2D eigenvalue weighted by molar-refractivity contribution is 0.128. The Morgan fingerprint density at radius 3 is 2.75 bits per heavy atom. The van der Waals surface area contributed by atoms with Crippen LogP contribution in [0.1, 0.15) is 52.3 Å². The molecule has 1 unspecified atom stereocenters. The van der Waals surface area contributed by atoms with E-state index in [4.69, 9.17) is 10.5 Å². The highest BCUT2D eigenvalue weighted by Crippen LogP contribution is 2.15. The molecule has 1 atom stereocenters. The standard InChI is InChI=1S/C15H28N4O/c1-4-7-8-12(5-2)10-17-14-9-13(16)18-15(19-14)11-20-6-3/h9,12H,4-8,10-11H2,1-3H3,(H3,16,17,18,19). The second kappa shape index (κ2) is 9.53.